The van der Waals surface area contributed by atoms with Crippen LogP contribution in [0.3, 0.4) is 0 Å². The number of nitrogen functional groups attached to an aromatic ring is 1. The normalized spacial score (nSPS) is 12.0. The lowest BCUT2D eigenvalue weighted by atomic mass is 10.1. The molecule has 0 spiro atoms. The summed E-state index contributed by atoms with van der Waals surface area (Å²) in [5.41, 5.74) is 5.91. The Morgan fingerprint density at radius 1 is 1.08 bits per heavy atom. The van der Waals surface area contributed by atoms with Gasteiger partial charge in [-0.05, 0) is 22.9 Å². The Morgan fingerprint density at radius 3 is 2.54 bits per heavy atom. The largest absolute Gasteiger partial charge is 0.398 e. The van der Waals surface area contributed by atoms with E-state index in [1.165, 1.54) is 18.2 Å². The van der Waals surface area contributed by atoms with Crippen molar-refractivity contribution in [2.45, 2.75) is 4.90 Å². The van der Waals surface area contributed by atoms with Gasteiger partial charge in [0.25, 0.3) is 5.69 Å². The number of nitrogens with zero attached hydrogens (tertiary/aromatic N) is 1. The molecule has 0 heterocycles. The van der Waals surface area contributed by atoms with E-state index >= 15 is 0 Å². The van der Waals surface area contributed by atoms with Crippen LogP contribution in [0.15, 0.2) is 65.6 Å². The SMILES string of the molecule is N=C(c1cc([N+](=O)[O-])ccc1N)S(=O)c1cccc2ccccc12. The van der Waals surface area contributed by atoms with Gasteiger partial charge in [0.15, 0.2) is 0 Å². The van der Waals surface area contributed by atoms with Gasteiger partial charge < -0.3 is 5.73 Å². The number of benzene rings is 3. The monoisotopic (exact) mass is 339 g/mol. The average Bonchev–Trinajstić information content (AvgIpc) is 2.60. The summed E-state index contributed by atoms with van der Waals surface area (Å²) in [6.07, 6.45) is 0. The van der Waals surface area contributed by atoms with E-state index in [9.17, 15) is 14.3 Å². The molecule has 0 aromatic heterocycles. The summed E-state index contributed by atoms with van der Waals surface area (Å²) in [5.74, 6) is 0. The standard InChI is InChI=1S/C17H13N3O3S/c18-15-9-8-12(20(21)22)10-14(15)17(19)24(23)16-7-3-5-11-4-1-2-6-13(11)16/h1-10,19H,18H2. The molecule has 3 N–H and O–H groups in total. The number of fused-ring (bicyclic) bond motifs is 1. The topological polar surface area (TPSA) is 110 Å². The molecular weight excluding hydrogens is 326 g/mol. The molecule has 0 radical (unpaired) electrons. The van der Waals surface area contributed by atoms with Gasteiger partial charge in [-0.3, -0.25) is 15.5 Å². The molecule has 3 aromatic rings. The van der Waals surface area contributed by atoms with Crippen molar-refractivity contribution < 1.29 is 9.13 Å². The smallest absolute Gasteiger partial charge is 0.270 e. The van der Waals surface area contributed by atoms with Crippen LogP contribution in [0.5, 0.6) is 0 Å². The lowest BCUT2D eigenvalue weighted by Crippen LogP contribution is -2.11. The number of rotatable bonds is 3. The summed E-state index contributed by atoms with van der Waals surface area (Å²) >= 11 is 0. The first kappa shape index (κ1) is 15.8. The average molecular weight is 339 g/mol. The number of nitrogens with one attached hydrogen (secondary N) is 1. The third-order valence-corrected chi connectivity index (χ3v) is 4.97. The predicted octanol–water partition coefficient (Wildman–Crippen LogP) is 3.46. The second-order valence-electron chi connectivity index (χ2n) is 5.10. The maximum atomic E-state index is 12.9. The van der Waals surface area contributed by atoms with Gasteiger partial charge >= 0.3 is 0 Å². The molecule has 0 bridgehead atoms. The number of nitro benzene ring substituents is 1. The van der Waals surface area contributed by atoms with Gasteiger partial charge in [0, 0.05) is 23.4 Å². The molecule has 0 aliphatic carbocycles. The van der Waals surface area contributed by atoms with Crippen LogP contribution in [-0.2, 0) is 10.8 Å². The number of nitrogens with two attached hydrogens (primary N) is 1. The van der Waals surface area contributed by atoms with Crippen molar-refractivity contribution in [3.8, 4) is 0 Å². The first-order valence-electron chi connectivity index (χ1n) is 7.01. The molecule has 3 aromatic carbocycles. The summed E-state index contributed by atoms with van der Waals surface area (Å²) in [5, 5.41) is 20.6. The number of anilines is 1. The van der Waals surface area contributed by atoms with E-state index < -0.39 is 15.7 Å². The van der Waals surface area contributed by atoms with Crippen molar-refractivity contribution in [1.82, 2.24) is 0 Å². The molecule has 6 nitrogen and oxygen atoms in total. The molecule has 120 valence electrons. The minimum absolute atomic E-state index is 0.107. The van der Waals surface area contributed by atoms with Crippen molar-refractivity contribution in [2.24, 2.45) is 0 Å². The molecule has 0 fully saturated rings. The minimum atomic E-state index is -1.80. The maximum absolute atomic E-state index is 12.9. The molecule has 0 aliphatic rings. The van der Waals surface area contributed by atoms with E-state index in [0.717, 1.165) is 10.8 Å². The van der Waals surface area contributed by atoms with Gasteiger partial charge in [0.2, 0.25) is 0 Å². The second-order valence-corrected chi connectivity index (χ2v) is 6.49. The van der Waals surface area contributed by atoms with Crippen molar-refractivity contribution in [1.29, 1.82) is 5.41 Å². The molecule has 0 saturated heterocycles. The summed E-state index contributed by atoms with van der Waals surface area (Å²) in [4.78, 5) is 10.8. The highest BCUT2D eigenvalue weighted by Crippen LogP contribution is 2.26. The van der Waals surface area contributed by atoms with E-state index in [4.69, 9.17) is 11.1 Å². The zero-order valence-electron chi connectivity index (χ0n) is 12.4. The Labute approximate surface area is 140 Å². The zero-order valence-corrected chi connectivity index (χ0v) is 13.2. The molecule has 1 unspecified atom stereocenters. The fourth-order valence-corrected chi connectivity index (χ4v) is 3.61. The highest BCUT2D eigenvalue weighted by Gasteiger charge is 2.20. The van der Waals surface area contributed by atoms with E-state index in [-0.39, 0.29) is 22.0 Å². The first-order valence-corrected chi connectivity index (χ1v) is 8.16. The van der Waals surface area contributed by atoms with Gasteiger partial charge in [-0.25, -0.2) is 4.21 Å². The molecule has 24 heavy (non-hydrogen) atoms. The Morgan fingerprint density at radius 2 is 1.79 bits per heavy atom. The number of nitro groups is 1. The van der Waals surface area contributed by atoms with Crippen molar-refractivity contribution in [3.05, 3.63) is 76.3 Å². The van der Waals surface area contributed by atoms with E-state index in [1.807, 2.05) is 30.3 Å². The fourth-order valence-electron chi connectivity index (χ4n) is 2.42. The predicted molar refractivity (Wildman–Crippen MR) is 94.7 cm³/mol. The lowest BCUT2D eigenvalue weighted by molar-refractivity contribution is -0.384. The molecule has 3 rings (SSSR count). The van der Waals surface area contributed by atoms with Crippen LogP contribution in [0.1, 0.15) is 5.56 Å². The van der Waals surface area contributed by atoms with Crippen LogP contribution < -0.4 is 5.73 Å². The van der Waals surface area contributed by atoms with E-state index in [0.29, 0.717) is 4.90 Å². The molecule has 0 amide bonds. The van der Waals surface area contributed by atoms with Crippen LogP contribution >= 0.6 is 0 Å². The zero-order chi connectivity index (χ0) is 17.3. The third-order valence-electron chi connectivity index (χ3n) is 3.63. The van der Waals surface area contributed by atoms with Crippen molar-refractivity contribution >= 4 is 38.0 Å². The maximum Gasteiger partial charge on any atom is 0.270 e. The minimum Gasteiger partial charge on any atom is -0.398 e. The Balaban J connectivity index is 2.08. The number of hydrogen-bond acceptors (Lipinski definition) is 5. The Bertz CT molecular complexity index is 996. The van der Waals surface area contributed by atoms with Gasteiger partial charge in [-0.1, -0.05) is 36.4 Å². The Kier molecular flexibility index (Phi) is 4.09. The molecule has 0 aliphatic heterocycles. The first-order chi connectivity index (χ1) is 11.5. The summed E-state index contributed by atoms with van der Waals surface area (Å²) < 4.78 is 12.9. The van der Waals surface area contributed by atoms with Gasteiger partial charge in [-0.15, -0.1) is 0 Å². The molecule has 7 heteroatoms. The lowest BCUT2D eigenvalue weighted by Gasteiger charge is -2.09. The van der Waals surface area contributed by atoms with Crippen LogP contribution in [0, 0.1) is 15.5 Å². The fraction of sp³-hybridized carbons (Fsp3) is 0. The summed E-state index contributed by atoms with van der Waals surface area (Å²) in [6, 6.07) is 16.5. The highest BCUT2D eigenvalue weighted by atomic mass is 32.2. The number of hydrogen-bond donors (Lipinski definition) is 2. The molecular formula is C17H13N3O3S. The van der Waals surface area contributed by atoms with Gasteiger partial charge in [-0.2, -0.15) is 0 Å². The van der Waals surface area contributed by atoms with Gasteiger partial charge in [0.05, 0.1) is 9.82 Å². The van der Waals surface area contributed by atoms with Crippen LogP contribution in [-0.4, -0.2) is 14.2 Å². The third kappa shape index (κ3) is 2.77. The number of non-ortho nitro benzene ring substituents is 1. The van der Waals surface area contributed by atoms with Crippen molar-refractivity contribution in [3.63, 3.8) is 0 Å². The Hall–Kier alpha value is -3.06. The van der Waals surface area contributed by atoms with E-state index in [2.05, 4.69) is 0 Å². The van der Waals surface area contributed by atoms with Crippen LogP contribution in [0.2, 0.25) is 0 Å². The summed E-state index contributed by atoms with van der Waals surface area (Å²) in [7, 11) is -1.80. The van der Waals surface area contributed by atoms with Crippen LogP contribution in [0.4, 0.5) is 11.4 Å². The molecule has 1 atom stereocenters. The molecule has 0 saturated carbocycles. The van der Waals surface area contributed by atoms with Crippen molar-refractivity contribution in [2.75, 3.05) is 5.73 Å². The highest BCUT2D eigenvalue weighted by molar-refractivity contribution is 8.01. The summed E-state index contributed by atoms with van der Waals surface area (Å²) in [6.45, 7) is 0. The second kappa shape index (κ2) is 6.21. The quantitative estimate of drug-likeness (QED) is 0.250. The van der Waals surface area contributed by atoms with E-state index in [1.54, 1.807) is 12.1 Å². The van der Waals surface area contributed by atoms with Gasteiger partial charge in [0.1, 0.15) is 15.8 Å². The van der Waals surface area contributed by atoms with Crippen LogP contribution in [0.25, 0.3) is 10.8 Å².